The summed E-state index contributed by atoms with van der Waals surface area (Å²) in [6.07, 6.45) is -3.06. The molecule has 0 bridgehead atoms. The Bertz CT molecular complexity index is 717. The Morgan fingerprint density at radius 3 is 2.50 bits per heavy atom. The van der Waals surface area contributed by atoms with Crippen molar-refractivity contribution < 1.29 is 22.7 Å². The van der Waals surface area contributed by atoms with Gasteiger partial charge in [0.25, 0.3) is 0 Å². The molecule has 1 aromatic carbocycles. The Kier molecular flexibility index (Phi) is 6.83. The second-order valence-electron chi connectivity index (χ2n) is 5.28. The summed E-state index contributed by atoms with van der Waals surface area (Å²) in [5.41, 5.74) is 0.451. The van der Waals surface area contributed by atoms with Crippen LogP contribution in [0.1, 0.15) is 26.7 Å². The number of alkyl halides is 3. The lowest BCUT2D eigenvalue weighted by Gasteiger charge is -2.14. The van der Waals surface area contributed by atoms with Gasteiger partial charge in [0.1, 0.15) is 5.75 Å². The molecule has 1 amide bonds. The smallest absolute Gasteiger partial charge is 0.406 e. The van der Waals surface area contributed by atoms with Crippen molar-refractivity contribution in [3.8, 4) is 11.4 Å². The summed E-state index contributed by atoms with van der Waals surface area (Å²) in [7, 11) is 0. The summed E-state index contributed by atoms with van der Waals surface area (Å²) >= 11 is 1.14. The monoisotopic (exact) mass is 389 g/mol. The fourth-order valence-electron chi connectivity index (χ4n) is 2.11. The first-order valence-electron chi connectivity index (χ1n) is 7.89. The highest BCUT2D eigenvalue weighted by molar-refractivity contribution is 7.99. The van der Waals surface area contributed by atoms with Gasteiger partial charge in [0.05, 0.1) is 11.4 Å². The molecule has 26 heavy (non-hydrogen) atoms. The SMILES string of the molecule is CCC(CC)NC(=O)CSc1nnnn1-c1ccc(OC(F)(F)F)cc1. The molecule has 0 aliphatic carbocycles. The number of rotatable bonds is 8. The summed E-state index contributed by atoms with van der Waals surface area (Å²) < 4.78 is 41.8. The standard InChI is InChI=1S/C15H18F3N5O2S/c1-3-10(4-2)19-13(24)9-26-14-20-21-22-23(14)11-5-7-12(8-6-11)25-15(16,17)18/h5-8,10H,3-4,9H2,1-2H3,(H,19,24). The maximum absolute atomic E-state index is 12.2. The third kappa shape index (κ3) is 5.90. The normalized spacial score (nSPS) is 11.6. The molecular formula is C15H18F3N5O2S. The molecule has 7 nitrogen and oxygen atoms in total. The molecule has 0 aliphatic heterocycles. The van der Waals surface area contributed by atoms with Gasteiger partial charge in [-0.1, -0.05) is 25.6 Å². The number of hydrogen-bond donors (Lipinski definition) is 1. The third-order valence-electron chi connectivity index (χ3n) is 3.44. The van der Waals surface area contributed by atoms with Crippen molar-refractivity contribution in [3.05, 3.63) is 24.3 Å². The van der Waals surface area contributed by atoms with E-state index in [1.54, 1.807) is 0 Å². The molecular weight excluding hydrogens is 371 g/mol. The summed E-state index contributed by atoms with van der Waals surface area (Å²) in [6.45, 7) is 3.99. The maximum atomic E-state index is 12.2. The largest absolute Gasteiger partial charge is 0.573 e. The summed E-state index contributed by atoms with van der Waals surface area (Å²) in [6, 6.07) is 5.25. The van der Waals surface area contributed by atoms with Crippen LogP contribution < -0.4 is 10.1 Å². The van der Waals surface area contributed by atoms with E-state index in [0.29, 0.717) is 10.8 Å². The fraction of sp³-hybridized carbons (Fsp3) is 0.467. The van der Waals surface area contributed by atoms with E-state index >= 15 is 0 Å². The highest BCUT2D eigenvalue weighted by Crippen LogP contribution is 2.24. The number of carbonyl (C=O) groups excluding carboxylic acids is 1. The van der Waals surface area contributed by atoms with Gasteiger partial charge in [-0.3, -0.25) is 4.79 Å². The fourth-order valence-corrected chi connectivity index (χ4v) is 2.81. The number of nitrogens with one attached hydrogen (secondary N) is 1. The molecule has 1 heterocycles. The van der Waals surface area contributed by atoms with Crippen molar-refractivity contribution in [1.29, 1.82) is 0 Å². The second-order valence-corrected chi connectivity index (χ2v) is 6.23. The molecule has 2 aromatic rings. The van der Waals surface area contributed by atoms with Gasteiger partial charge in [0.2, 0.25) is 11.1 Å². The molecule has 1 N–H and O–H groups in total. The van der Waals surface area contributed by atoms with E-state index in [0.717, 1.165) is 24.6 Å². The van der Waals surface area contributed by atoms with Crippen molar-refractivity contribution >= 4 is 17.7 Å². The van der Waals surface area contributed by atoms with Crippen LogP contribution in [-0.2, 0) is 4.79 Å². The Labute approximate surface area is 152 Å². The molecule has 0 saturated carbocycles. The van der Waals surface area contributed by atoms with Crippen LogP contribution in [0.2, 0.25) is 0 Å². The number of hydrogen-bond acceptors (Lipinski definition) is 6. The zero-order valence-electron chi connectivity index (χ0n) is 14.2. The van der Waals surface area contributed by atoms with Gasteiger partial charge in [0, 0.05) is 6.04 Å². The molecule has 0 aliphatic rings. The van der Waals surface area contributed by atoms with Crippen LogP contribution in [-0.4, -0.2) is 44.3 Å². The molecule has 142 valence electrons. The summed E-state index contributed by atoms with van der Waals surface area (Å²) in [4.78, 5) is 12.0. The van der Waals surface area contributed by atoms with Gasteiger partial charge in [-0.25, -0.2) is 0 Å². The van der Waals surface area contributed by atoms with Gasteiger partial charge >= 0.3 is 6.36 Å². The number of amides is 1. The highest BCUT2D eigenvalue weighted by atomic mass is 32.2. The van der Waals surface area contributed by atoms with E-state index in [1.165, 1.54) is 28.9 Å². The number of thioether (sulfide) groups is 1. The zero-order valence-corrected chi connectivity index (χ0v) is 15.0. The first-order valence-corrected chi connectivity index (χ1v) is 8.87. The van der Waals surface area contributed by atoms with E-state index in [2.05, 4.69) is 25.6 Å². The number of nitrogens with zero attached hydrogens (tertiary/aromatic N) is 4. The predicted molar refractivity (Wildman–Crippen MR) is 89.1 cm³/mol. The Morgan fingerprint density at radius 1 is 1.27 bits per heavy atom. The Morgan fingerprint density at radius 2 is 1.92 bits per heavy atom. The van der Waals surface area contributed by atoms with Crippen LogP contribution in [0.4, 0.5) is 13.2 Å². The van der Waals surface area contributed by atoms with Gasteiger partial charge in [-0.2, -0.15) is 4.68 Å². The van der Waals surface area contributed by atoms with E-state index in [-0.39, 0.29) is 23.5 Å². The number of benzene rings is 1. The van der Waals surface area contributed by atoms with Crippen molar-refractivity contribution in [1.82, 2.24) is 25.5 Å². The minimum Gasteiger partial charge on any atom is -0.406 e. The molecule has 0 saturated heterocycles. The number of halogens is 3. The Hall–Kier alpha value is -2.30. The molecule has 0 radical (unpaired) electrons. The average Bonchev–Trinajstić information content (AvgIpc) is 3.05. The van der Waals surface area contributed by atoms with Gasteiger partial charge in [-0.05, 0) is 47.5 Å². The first-order chi connectivity index (χ1) is 12.3. The van der Waals surface area contributed by atoms with Crippen molar-refractivity contribution in [2.45, 2.75) is 44.2 Å². The number of aromatic nitrogens is 4. The minimum absolute atomic E-state index is 0.125. The molecule has 1 aromatic heterocycles. The van der Waals surface area contributed by atoms with Crippen molar-refractivity contribution in [2.24, 2.45) is 0 Å². The first kappa shape index (κ1) is 20.0. The topological polar surface area (TPSA) is 81.9 Å². The summed E-state index contributed by atoms with van der Waals surface area (Å²) in [5.74, 6) is -0.341. The second kappa shape index (κ2) is 8.88. The van der Waals surface area contributed by atoms with Crippen molar-refractivity contribution in [2.75, 3.05) is 5.75 Å². The number of tetrazole rings is 1. The molecule has 0 unspecified atom stereocenters. The predicted octanol–water partition coefficient (Wildman–Crippen LogP) is 2.96. The minimum atomic E-state index is -4.75. The van der Waals surface area contributed by atoms with Gasteiger partial charge < -0.3 is 10.1 Å². The molecule has 11 heteroatoms. The quantitative estimate of drug-likeness (QED) is 0.699. The van der Waals surface area contributed by atoms with Crippen LogP contribution in [0.15, 0.2) is 29.4 Å². The maximum Gasteiger partial charge on any atom is 0.573 e. The van der Waals surface area contributed by atoms with Crippen LogP contribution in [0, 0.1) is 0 Å². The molecule has 0 fully saturated rings. The van der Waals surface area contributed by atoms with Crippen LogP contribution in [0.5, 0.6) is 5.75 Å². The summed E-state index contributed by atoms with van der Waals surface area (Å²) in [5, 5.41) is 14.5. The van der Waals surface area contributed by atoms with Crippen LogP contribution in [0.25, 0.3) is 5.69 Å². The van der Waals surface area contributed by atoms with E-state index < -0.39 is 6.36 Å². The highest BCUT2D eigenvalue weighted by Gasteiger charge is 2.31. The lowest BCUT2D eigenvalue weighted by Crippen LogP contribution is -2.35. The molecule has 2 rings (SSSR count). The molecule has 0 atom stereocenters. The molecule has 0 spiro atoms. The van der Waals surface area contributed by atoms with Crippen molar-refractivity contribution in [3.63, 3.8) is 0 Å². The zero-order chi connectivity index (χ0) is 19.2. The van der Waals surface area contributed by atoms with E-state index in [9.17, 15) is 18.0 Å². The van der Waals surface area contributed by atoms with Crippen LogP contribution >= 0.6 is 11.8 Å². The lowest BCUT2D eigenvalue weighted by molar-refractivity contribution is -0.274. The Balaban J connectivity index is 2.00. The van der Waals surface area contributed by atoms with Crippen LogP contribution in [0.3, 0.4) is 0 Å². The van der Waals surface area contributed by atoms with E-state index in [1.807, 2.05) is 13.8 Å². The van der Waals surface area contributed by atoms with Gasteiger partial charge in [0.15, 0.2) is 0 Å². The number of carbonyl (C=O) groups is 1. The van der Waals surface area contributed by atoms with Gasteiger partial charge in [-0.15, -0.1) is 18.3 Å². The third-order valence-corrected chi connectivity index (χ3v) is 4.36. The lowest BCUT2D eigenvalue weighted by atomic mass is 10.2. The average molecular weight is 389 g/mol. The van der Waals surface area contributed by atoms with E-state index in [4.69, 9.17) is 0 Å². The number of ether oxygens (including phenoxy) is 1.